The fraction of sp³-hybridized carbons (Fsp3) is 0.516. The van der Waals surface area contributed by atoms with E-state index in [1.54, 1.807) is 32.4 Å². The van der Waals surface area contributed by atoms with Crippen LogP contribution in [0, 0.1) is 0 Å². The van der Waals surface area contributed by atoms with Gasteiger partial charge in [-0.1, -0.05) is 32.4 Å². The zero-order chi connectivity index (χ0) is 28.4. The normalized spacial score (nSPS) is 12.7. The number of imidazole rings is 1. The van der Waals surface area contributed by atoms with Gasteiger partial charge in [-0.25, -0.2) is 4.98 Å². The second kappa shape index (κ2) is 14.6. The molecule has 0 bridgehead atoms. The molecule has 0 fully saturated rings. The van der Waals surface area contributed by atoms with Crippen LogP contribution in [0.25, 0.3) is 11.0 Å². The zero-order valence-electron chi connectivity index (χ0n) is 24.3. The molecule has 2 unspecified atom stereocenters. The molecule has 0 aliphatic carbocycles. The number of aromatic nitrogens is 2. The number of hydrogen-bond acceptors (Lipinski definition) is 5. The van der Waals surface area contributed by atoms with E-state index < -0.39 is 0 Å². The smallest absolute Gasteiger partial charge is 0.251 e. The summed E-state index contributed by atoms with van der Waals surface area (Å²) in [5.41, 5.74) is 2.45. The van der Waals surface area contributed by atoms with E-state index in [9.17, 15) is 9.59 Å². The maximum absolute atomic E-state index is 13.5. The summed E-state index contributed by atoms with van der Waals surface area (Å²) in [5.74, 6) is 2.06. The quantitative estimate of drug-likeness (QED) is 0.255. The number of hydrogen-bond donors (Lipinski definition) is 1. The molecule has 2 amide bonds. The molecule has 0 aliphatic rings. The molecule has 0 radical (unpaired) electrons. The van der Waals surface area contributed by atoms with Crippen LogP contribution in [0.3, 0.4) is 0 Å². The summed E-state index contributed by atoms with van der Waals surface area (Å²) in [4.78, 5) is 33.0. The van der Waals surface area contributed by atoms with Gasteiger partial charge in [-0.05, 0) is 69.9 Å². The fourth-order valence-corrected chi connectivity index (χ4v) is 4.90. The van der Waals surface area contributed by atoms with Crippen LogP contribution < -0.4 is 14.8 Å². The third-order valence-electron chi connectivity index (χ3n) is 7.45. The summed E-state index contributed by atoms with van der Waals surface area (Å²) in [6.07, 6.45) is 5.35. The largest absolute Gasteiger partial charge is 0.493 e. The minimum absolute atomic E-state index is 0.136. The van der Waals surface area contributed by atoms with Crippen molar-refractivity contribution in [2.75, 3.05) is 20.8 Å². The molecule has 8 heteroatoms. The van der Waals surface area contributed by atoms with E-state index in [1.165, 1.54) is 0 Å². The molecule has 1 N–H and O–H groups in total. The summed E-state index contributed by atoms with van der Waals surface area (Å²) in [6, 6.07) is 13.6. The number of carbonyl (C=O) groups excluding carboxylic acids is 2. The Morgan fingerprint density at radius 3 is 2.31 bits per heavy atom. The van der Waals surface area contributed by atoms with Gasteiger partial charge < -0.3 is 24.3 Å². The van der Waals surface area contributed by atoms with E-state index in [4.69, 9.17) is 14.5 Å². The van der Waals surface area contributed by atoms with E-state index in [0.29, 0.717) is 30.2 Å². The van der Waals surface area contributed by atoms with Crippen molar-refractivity contribution < 1.29 is 19.1 Å². The van der Waals surface area contributed by atoms with Crippen LogP contribution in [-0.4, -0.2) is 59.1 Å². The number of ether oxygens (including phenoxy) is 2. The Bertz CT molecular complexity index is 1230. The Hall–Kier alpha value is -3.55. The van der Waals surface area contributed by atoms with Crippen molar-refractivity contribution in [3.8, 4) is 11.5 Å². The Morgan fingerprint density at radius 1 is 0.949 bits per heavy atom. The lowest BCUT2D eigenvalue weighted by Gasteiger charge is -2.34. The predicted molar refractivity (Wildman–Crippen MR) is 156 cm³/mol. The standard InChI is InChI=1S/C31H44N4O4/c1-7-22(3)35(23(4)8-2)30(36)21-34-26-15-12-11-14-25(26)33-29(34)16-10-9-13-19-32-31(37)24-17-18-27(38-5)28(20-24)39-6/h11-12,14-15,17-18,20,22-23H,7-10,13,16,19,21H2,1-6H3,(H,32,37). The molecule has 2 aromatic carbocycles. The lowest BCUT2D eigenvalue weighted by atomic mass is 10.1. The molecule has 0 saturated carbocycles. The van der Waals surface area contributed by atoms with Crippen molar-refractivity contribution in [3.63, 3.8) is 0 Å². The predicted octanol–water partition coefficient (Wildman–Crippen LogP) is 5.62. The maximum atomic E-state index is 13.5. The Labute approximate surface area is 232 Å². The maximum Gasteiger partial charge on any atom is 0.251 e. The first kappa shape index (κ1) is 30.0. The van der Waals surface area contributed by atoms with Crippen molar-refractivity contribution in [2.24, 2.45) is 0 Å². The molecule has 212 valence electrons. The Balaban J connectivity index is 1.58. The van der Waals surface area contributed by atoms with E-state index in [2.05, 4.69) is 37.6 Å². The summed E-state index contributed by atoms with van der Waals surface area (Å²) in [7, 11) is 3.12. The molecule has 3 aromatic rings. The van der Waals surface area contributed by atoms with Gasteiger partial charge in [-0.3, -0.25) is 9.59 Å². The Kier molecular flexibility index (Phi) is 11.2. The van der Waals surface area contributed by atoms with Crippen molar-refractivity contribution in [2.45, 2.75) is 84.8 Å². The van der Waals surface area contributed by atoms with Gasteiger partial charge in [0, 0.05) is 30.6 Å². The van der Waals surface area contributed by atoms with E-state index in [1.807, 2.05) is 29.2 Å². The van der Waals surface area contributed by atoms with Crippen LogP contribution in [0.2, 0.25) is 0 Å². The SMILES string of the molecule is CCC(C)N(C(=O)Cn1c(CCCCCNC(=O)c2ccc(OC)c(OC)c2)nc2ccccc21)C(C)CC. The van der Waals surface area contributed by atoms with Crippen molar-refractivity contribution in [3.05, 3.63) is 53.9 Å². The highest BCUT2D eigenvalue weighted by atomic mass is 16.5. The molecule has 39 heavy (non-hydrogen) atoms. The van der Waals surface area contributed by atoms with E-state index in [0.717, 1.165) is 55.4 Å². The number of amides is 2. The minimum Gasteiger partial charge on any atom is -0.493 e. The molecule has 1 aromatic heterocycles. The van der Waals surface area contributed by atoms with Crippen LogP contribution in [0.5, 0.6) is 11.5 Å². The number of rotatable bonds is 15. The van der Waals surface area contributed by atoms with E-state index in [-0.39, 0.29) is 23.9 Å². The summed E-state index contributed by atoms with van der Waals surface area (Å²) >= 11 is 0. The summed E-state index contributed by atoms with van der Waals surface area (Å²) < 4.78 is 12.6. The molecule has 3 rings (SSSR count). The molecule has 0 saturated heterocycles. The van der Waals surface area contributed by atoms with E-state index >= 15 is 0 Å². The highest BCUT2D eigenvalue weighted by Gasteiger charge is 2.25. The number of aryl methyl sites for hydroxylation is 1. The number of carbonyl (C=O) groups is 2. The van der Waals surface area contributed by atoms with Gasteiger partial charge >= 0.3 is 0 Å². The molecule has 0 spiro atoms. The van der Waals surface area contributed by atoms with Gasteiger partial charge in [0.2, 0.25) is 5.91 Å². The molecule has 1 heterocycles. The summed E-state index contributed by atoms with van der Waals surface area (Å²) in [5, 5.41) is 2.98. The van der Waals surface area contributed by atoms with Crippen molar-refractivity contribution >= 4 is 22.8 Å². The van der Waals surface area contributed by atoms with Crippen LogP contribution in [0.15, 0.2) is 42.5 Å². The van der Waals surface area contributed by atoms with Gasteiger partial charge in [0.05, 0.1) is 25.3 Å². The first-order chi connectivity index (χ1) is 18.8. The average Bonchev–Trinajstić information content (AvgIpc) is 3.30. The molecular formula is C31H44N4O4. The van der Waals surface area contributed by atoms with Crippen LogP contribution in [-0.2, 0) is 17.8 Å². The van der Waals surface area contributed by atoms with Crippen LogP contribution in [0.4, 0.5) is 0 Å². The molecule has 0 aliphatic heterocycles. The van der Waals surface area contributed by atoms with Crippen molar-refractivity contribution in [1.82, 2.24) is 19.8 Å². The third kappa shape index (κ3) is 7.52. The molecular weight excluding hydrogens is 492 g/mol. The zero-order valence-corrected chi connectivity index (χ0v) is 24.3. The monoisotopic (exact) mass is 536 g/mol. The topological polar surface area (TPSA) is 85.7 Å². The number of fused-ring (bicyclic) bond motifs is 1. The first-order valence-electron chi connectivity index (χ1n) is 14.1. The van der Waals surface area contributed by atoms with Gasteiger partial charge in [-0.15, -0.1) is 0 Å². The number of nitrogens with one attached hydrogen (secondary N) is 1. The van der Waals surface area contributed by atoms with Gasteiger partial charge in [0.1, 0.15) is 12.4 Å². The average molecular weight is 537 g/mol. The number of methoxy groups -OCH3 is 2. The number of benzene rings is 2. The number of nitrogens with zero attached hydrogens (tertiary/aromatic N) is 3. The van der Waals surface area contributed by atoms with Crippen molar-refractivity contribution in [1.29, 1.82) is 0 Å². The molecule has 2 atom stereocenters. The van der Waals surface area contributed by atoms with Gasteiger partial charge in [0.25, 0.3) is 5.91 Å². The van der Waals surface area contributed by atoms with Crippen LogP contribution in [0.1, 0.15) is 76.0 Å². The highest BCUT2D eigenvalue weighted by Crippen LogP contribution is 2.27. The third-order valence-corrected chi connectivity index (χ3v) is 7.45. The second-order valence-corrected chi connectivity index (χ2v) is 10.1. The lowest BCUT2D eigenvalue weighted by molar-refractivity contribution is -0.136. The molecule has 8 nitrogen and oxygen atoms in total. The lowest BCUT2D eigenvalue weighted by Crippen LogP contribution is -2.45. The fourth-order valence-electron chi connectivity index (χ4n) is 4.90. The summed E-state index contributed by atoms with van der Waals surface area (Å²) in [6.45, 7) is 9.39. The first-order valence-corrected chi connectivity index (χ1v) is 14.1. The van der Waals surface area contributed by atoms with Crippen LogP contribution >= 0.6 is 0 Å². The Morgan fingerprint density at radius 2 is 1.64 bits per heavy atom. The minimum atomic E-state index is -0.136. The number of unbranched alkanes of at least 4 members (excludes halogenated alkanes) is 2. The highest BCUT2D eigenvalue weighted by molar-refractivity contribution is 5.94. The number of para-hydroxylation sites is 2. The van der Waals surface area contributed by atoms with Gasteiger partial charge in [0.15, 0.2) is 11.5 Å². The van der Waals surface area contributed by atoms with Gasteiger partial charge in [-0.2, -0.15) is 0 Å². The second-order valence-electron chi connectivity index (χ2n) is 10.1.